The maximum absolute atomic E-state index is 3.37. The molecule has 0 saturated carbocycles. The van der Waals surface area contributed by atoms with Crippen molar-refractivity contribution in [2.24, 2.45) is 5.41 Å². The fourth-order valence-corrected chi connectivity index (χ4v) is 3.41. The van der Waals surface area contributed by atoms with E-state index in [2.05, 4.69) is 62.6 Å². The van der Waals surface area contributed by atoms with Gasteiger partial charge in [0, 0.05) is 24.0 Å². The minimum absolute atomic E-state index is 0.398. The summed E-state index contributed by atoms with van der Waals surface area (Å²) in [5.74, 6) is 0. The fraction of sp³-hybridized carbons (Fsp3) is 0.733. The topological polar surface area (TPSA) is 15.3 Å². The van der Waals surface area contributed by atoms with Crippen molar-refractivity contribution < 1.29 is 0 Å². The molecule has 0 spiro atoms. The summed E-state index contributed by atoms with van der Waals surface area (Å²) in [6.45, 7) is 9.18. The molecule has 0 radical (unpaired) electrons. The lowest BCUT2D eigenvalue weighted by molar-refractivity contribution is 0.131. The molecule has 1 unspecified atom stereocenters. The van der Waals surface area contributed by atoms with Crippen LogP contribution in [0.3, 0.4) is 0 Å². The third-order valence-electron chi connectivity index (χ3n) is 4.25. The van der Waals surface area contributed by atoms with Gasteiger partial charge in [-0.25, -0.2) is 0 Å². The Kier molecular flexibility index (Phi) is 6.33. The molecule has 1 N–H and O–H groups in total. The molecular formula is C15H28N2S. The van der Waals surface area contributed by atoms with Crippen LogP contribution < -0.4 is 5.32 Å². The van der Waals surface area contributed by atoms with E-state index in [0.29, 0.717) is 11.5 Å². The second-order valence-electron chi connectivity index (χ2n) is 5.34. The maximum Gasteiger partial charge on any atom is 0.0410 e. The Hall–Kier alpha value is -0.380. The van der Waals surface area contributed by atoms with Crippen LogP contribution in [0.1, 0.15) is 44.5 Å². The summed E-state index contributed by atoms with van der Waals surface area (Å²) in [5.41, 5.74) is 0.398. The molecule has 1 atom stereocenters. The Morgan fingerprint density at radius 2 is 2.06 bits per heavy atom. The molecule has 1 aromatic heterocycles. The van der Waals surface area contributed by atoms with Gasteiger partial charge in [0.2, 0.25) is 0 Å². The highest BCUT2D eigenvalue weighted by atomic mass is 32.1. The van der Waals surface area contributed by atoms with Gasteiger partial charge in [-0.1, -0.05) is 19.9 Å². The lowest BCUT2D eigenvalue weighted by Crippen LogP contribution is -2.42. The zero-order chi connectivity index (χ0) is 13.6. The van der Waals surface area contributed by atoms with E-state index in [4.69, 9.17) is 0 Å². The third-order valence-corrected chi connectivity index (χ3v) is 5.30. The van der Waals surface area contributed by atoms with Gasteiger partial charge in [0.25, 0.3) is 0 Å². The molecule has 0 fully saturated rings. The molecule has 0 saturated heterocycles. The summed E-state index contributed by atoms with van der Waals surface area (Å²) in [7, 11) is 4.31. The highest BCUT2D eigenvalue weighted by Gasteiger charge is 2.28. The van der Waals surface area contributed by atoms with Crippen molar-refractivity contribution in [1.29, 1.82) is 0 Å². The van der Waals surface area contributed by atoms with Crippen molar-refractivity contribution in [2.75, 3.05) is 27.2 Å². The van der Waals surface area contributed by atoms with E-state index in [1.165, 1.54) is 17.7 Å². The molecule has 3 heteroatoms. The van der Waals surface area contributed by atoms with Crippen molar-refractivity contribution >= 4 is 11.3 Å². The Morgan fingerprint density at radius 1 is 1.39 bits per heavy atom. The maximum atomic E-state index is 3.37. The first-order valence-electron chi connectivity index (χ1n) is 6.96. The van der Waals surface area contributed by atoms with Gasteiger partial charge in [-0.05, 0) is 50.7 Å². The lowest BCUT2D eigenvalue weighted by Gasteiger charge is -2.38. The summed E-state index contributed by atoms with van der Waals surface area (Å²) in [4.78, 5) is 3.96. The van der Waals surface area contributed by atoms with Gasteiger partial charge in [0.1, 0.15) is 0 Å². The Balaban J connectivity index is 2.69. The standard InChI is InChI=1S/C15H28N2S/c1-6-15(7-2,11-16-4)12-17(5)13(3)14-9-8-10-18-14/h8-10,13,16H,6-7,11-12H2,1-5H3. The van der Waals surface area contributed by atoms with Crippen LogP contribution in [0.2, 0.25) is 0 Å². The van der Waals surface area contributed by atoms with Gasteiger partial charge in [0.15, 0.2) is 0 Å². The monoisotopic (exact) mass is 268 g/mol. The molecule has 0 bridgehead atoms. The van der Waals surface area contributed by atoms with Crippen LogP contribution >= 0.6 is 11.3 Å². The summed E-state index contributed by atoms with van der Waals surface area (Å²) >= 11 is 1.86. The van der Waals surface area contributed by atoms with Gasteiger partial charge in [-0.15, -0.1) is 11.3 Å². The summed E-state index contributed by atoms with van der Waals surface area (Å²) < 4.78 is 0. The predicted octanol–water partition coefficient (Wildman–Crippen LogP) is 3.77. The van der Waals surface area contributed by atoms with Crippen LogP contribution in [0.4, 0.5) is 0 Å². The molecule has 18 heavy (non-hydrogen) atoms. The van der Waals surface area contributed by atoms with Crippen molar-refractivity contribution in [3.05, 3.63) is 22.4 Å². The van der Waals surface area contributed by atoms with Crippen LogP contribution in [-0.4, -0.2) is 32.1 Å². The van der Waals surface area contributed by atoms with E-state index in [9.17, 15) is 0 Å². The van der Waals surface area contributed by atoms with Gasteiger partial charge >= 0.3 is 0 Å². The number of thiophene rings is 1. The van der Waals surface area contributed by atoms with Crippen molar-refractivity contribution in [2.45, 2.75) is 39.7 Å². The number of nitrogens with one attached hydrogen (secondary N) is 1. The summed E-state index contributed by atoms with van der Waals surface area (Å²) in [6, 6.07) is 4.90. The smallest absolute Gasteiger partial charge is 0.0410 e. The molecule has 0 amide bonds. The van der Waals surface area contributed by atoms with Crippen LogP contribution in [-0.2, 0) is 0 Å². The largest absolute Gasteiger partial charge is 0.319 e. The van der Waals surface area contributed by atoms with E-state index in [0.717, 1.165) is 13.1 Å². The van der Waals surface area contributed by atoms with E-state index in [1.807, 2.05) is 11.3 Å². The van der Waals surface area contributed by atoms with E-state index in [1.54, 1.807) is 0 Å². The van der Waals surface area contributed by atoms with E-state index >= 15 is 0 Å². The summed E-state index contributed by atoms with van der Waals surface area (Å²) in [5, 5.41) is 5.53. The first kappa shape index (κ1) is 15.7. The average Bonchev–Trinajstić information content (AvgIpc) is 2.91. The minimum atomic E-state index is 0.398. The number of nitrogens with zero attached hydrogens (tertiary/aromatic N) is 1. The summed E-state index contributed by atoms with van der Waals surface area (Å²) in [6.07, 6.45) is 2.46. The quantitative estimate of drug-likeness (QED) is 0.772. The molecule has 0 aliphatic rings. The molecule has 104 valence electrons. The van der Waals surface area contributed by atoms with Crippen molar-refractivity contribution in [3.8, 4) is 0 Å². The van der Waals surface area contributed by atoms with Gasteiger partial charge in [-0.2, -0.15) is 0 Å². The van der Waals surface area contributed by atoms with Crippen LogP contribution in [0.5, 0.6) is 0 Å². The first-order chi connectivity index (χ1) is 8.58. The van der Waals surface area contributed by atoms with Gasteiger partial charge in [0.05, 0.1) is 0 Å². The van der Waals surface area contributed by atoms with Crippen LogP contribution in [0, 0.1) is 5.41 Å². The molecule has 0 aliphatic carbocycles. The van der Waals surface area contributed by atoms with Crippen molar-refractivity contribution in [3.63, 3.8) is 0 Å². The highest BCUT2D eigenvalue weighted by Crippen LogP contribution is 2.31. The number of rotatable bonds is 8. The second kappa shape index (κ2) is 7.27. The van der Waals surface area contributed by atoms with Gasteiger partial charge in [-0.3, -0.25) is 4.90 Å². The first-order valence-corrected chi connectivity index (χ1v) is 7.84. The number of hydrogen-bond acceptors (Lipinski definition) is 3. The molecule has 1 rings (SSSR count). The predicted molar refractivity (Wildman–Crippen MR) is 82.3 cm³/mol. The zero-order valence-corrected chi connectivity index (χ0v) is 13.3. The molecule has 1 aromatic rings. The molecule has 0 aliphatic heterocycles. The zero-order valence-electron chi connectivity index (χ0n) is 12.5. The molecular weight excluding hydrogens is 240 g/mol. The van der Waals surface area contributed by atoms with Crippen molar-refractivity contribution in [1.82, 2.24) is 10.2 Å². The second-order valence-corrected chi connectivity index (χ2v) is 6.32. The Morgan fingerprint density at radius 3 is 2.50 bits per heavy atom. The van der Waals surface area contributed by atoms with Crippen LogP contribution in [0.15, 0.2) is 17.5 Å². The number of hydrogen-bond donors (Lipinski definition) is 1. The lowest BCUT2D eigenvalue weighted by atomic mass is 9.81. The van der Waals surface area contributed by atoms with E-state index in [-0.39, 0.29) is 0 Å². The molecule has 1 heterocycles. The Bertz CT molecular complexity index is 317. The average molecular weight is 268 g/mol. The highest BCUT2D eigenvalue weighted by molar-refractivity contribution is 7.10. The fourth-order valence-electron chi connectivity index (χ4n) is 2.57. The van der Waals surface area contributed by atoms with Gasteiger partial charge < -0.3 is 5.32 Å². The van der Waals surface area contributed by atoms with E-state index < -0.39 is 0 Å². The Labute approximate surface area is 116 Å². The SMILES string of the molecule is CCC(CC)(CNC)CN(C)C(C)c1cccs1. The normalized spacial score (nSPS) is 14.1. The molecule has 0 aromatic carbocycles. The van der Waals surface area contributed by atoms with Crippen LogP contribution in [0.25, 0.3) is 0 Å². The minimum Gasteiger partial charge on any atom is -0.319 e. The molecule has 2 nitrogen and oxygen atoms in total. The third kappa shape index (κ3) is 3.81.